The Kier molecular flexibility index (Phi) is 6.17. The number of carbonyl (C=O) groups is 1. The molecule has 0 aliphatic rings. The fraction of sp³-hybridized carbons (Fsp3) is 0.238. The van der Waals surface area contributed by atoms with Gasteiger partial charge in [-0.25, -0.2) is 4.68 Å². The van der Waals surface area contributed by atoms with Gasteiger partial charge >= 0.3 is 0 Å². The molecule has 0 spiro atoms. The van der Waals surface area contributed by atoms with Crippen molar-refractivity contribution < 1.29 is 9.53 Å². The number of hydrogen-bond donors (Lipinski definition) is 1. The Morgan fingerprint density at radius 1 is 1.12 bits per heavy atom. The zero-order valence-electron chi connectivity index (χ0n) is 14.8. The highest BCUT2D eigenvalue weighted by Crippen LogP contribution is 2.15. The molecular weight excluding hydrogens is 326 g/mol. The van der Waals surface area contributed by atoms with Crippen molar-refractivity contribution in [2.75, 3.05) is 13.2 Å². The van der Waals surface area contributed by atoms with Crippen LogP contribution in [0.1, 0.15) is 35.4 Å². The van der Waals surface area contributed by atoms with E-state index in [1.165, 1.54) is 0 Å². The predicted molar refractivity (Wildman–Crippen MR) is 101 cm³/mol. The highest BCUT2D eigenvalue weighted by atomic mass is 16.5. The summed E-state index contributed by atoms with van der Waals surface area (Å²) >= 11 is 0. The van der Waals surface area contributed by atoms with Crippen LogP contribution in [0.15, 0.2) is 73.1 Å². The van der Waals surface area contributed by atoms with Gasteiger partial charge in [-0.2, -0.15) is 5.10 Å². The lowest BCUT2D eigenvalue weighted by atomic mass is 10.1. The van der Waals surface area contributed by atoms with Crippen LogP contribution in [0.25, 0.3) is 5.69 Å². The van der Waals surface area contributed by atoms with Gasteiger partial charge in [0.15, 0.2) is 0 Å². The Labute approximate surface area is 153 Å². The van der Waals surface area contributed by atoms with Crippen LogP contribution in [-0.2, 0) is 4.74 Å². The summed E-state index contributed by atoms with van der Waals surface area (Å²) in [6.07, 6.45) is 4.13. The number of aromatic nitrogens is 2. The third-order valence-electron chi connectivity index (χ3n) is 4.11. The first kappa shape index (κ1) is 17.9. The minimum atomic E-state index is -0.122. The van der Waals surface area contributed by atoms with Gasteiger partial charge in [0.1, 0.15) is 0 Å². The minimum Gasteiger partial charge on any atom is -0.374 e. The lowest BCUT2D eigenvalue weighted by molar-refractivity contribution is 0.0635. The standard InChI is InChI=1S/C21H23N3O2/c1-17(18-9-4-2-5-10-18)26-14-8-13-22-21(25)19-15-23-24(16-19)20-11-6-3-7-12-20/h2-7,9-12,15-17H,8,13-14H2,1H3,(H,22,25). The molecule has 5 nitrogen and oxygen atoms in total. The smallest absolute Gasteiger partial charge is 0.254 e. The molecule has 3 rings (SSSR count). The highest BCUT2D eigenvalue weighted by molar-refractivity contribution is 5.93. The summed E-state index contributed by atoms with van der Waals surface area (Å²) < 4.78 is 7.50. The molecule has 1 heterocycles. The van der Waals surface area contributed by atoms with E-state index >= 15 is 0 Å². The van der Waals surface area contributed by atoms with E-state index in [4.69, 9.17) is 4.74 Å². The van der Waals surface area contributed by atoms with E-state index < -0.39 is 0 Å². The summed E-state index contributed by atoms with van der Waals surface area (Å²) in [6.45, 7) is 3.20. The maximum Gasteiger partial charge on any atom is 0.254 e. The van der Waals surface area contributed by atoms with Gasteiger partial charge in [0.2, 0.25) is 0 Å². The third-order valence-corrected chi connectivity index (χ3v) is 4.11. The quantitative estimate of drug-likeness (QED) is 0.630. The molecule has 0 radical (unpaired) electrons. The Morgan fingerprint density at radius 3 is 2.54 bits per heavy atom. The minimum absolute atomic E-state index is 0.0519. The molecule has 0 bridgehead atoms. The number of carbonyl (C=O) groups excluding carboxylic acids is 1. The molecule has 0 saturated carbocycles. The van der Waals surface area contributed by atoms with Gasteiger partial charge in [-0.1, -0.05) is 48.5 Å². The molecule has 3 aromatic rings. The van der Waals surface area contributed by atoms with Gasteiger partial charge in [-0.15, -0.1) is 0 Å². The molecule has 0 aliphatic heterocycles. The number of para-hydroxylation sites is 1. The van der Waals surface area contributed by atoms with Gasteiger partial charge in [0.05, 0.1) is 23.6 Å². The SMILES string of the molecule is CC(OCCCNC(=O)c1cnn(-c2ccccc2)c1)c1ccccc1. The number of rotatable bonds is 8. The molecular formula is C21H23N3O2. The first-order valence-electron chi connectivity index (χ1n) is 8.79. The second-order valence-corrected chi connectivity index (χ2v) is 6.04. The van der Waals surface area contributed by atoms with Crippen molar-refractivity contribution in [3.8, 4) is 5.69 Å². The maximum atomic E-state index is 12.2. The zero-order chi connectivity index (χ0) is 18.2. The Hall–Kier alpha value is -2.92. The van der Waals surface area contributed by atoms with Crippen LogP contribution in [0.3, 0.4) is 0 Å². The third kappa shape index (κ3) is 4.80. The Bertz CT molecular complexity index is 816. The summed E-state index contributed by atoms with van der Waals surface area (Å²) in [6, 6.07) is 19.8. The molecule has 5 heteroatoms. The van der Waals surface area contributed by atoms with Gasteiger partial charge in [-0.05, 0) is 31.0 Å². The molecule has 0 saturated heterocycles. The molecule has 1 amide bonds. The summed E-state index contributed by atoms with van der Waals surface area (Å²) in [4.78, 5) is 12.2. The van der Waals surface area contributed by atoms with Crippen molar-refractivity contribution in [3.05, 3.63) is 84.2 Å². The van der Waals surface area contributed by atoms with Crippen LogP contribution in [0.2, 0.25) is 0 Å². The summed E-state index contributed by atoms with van der Waals surface area (Å²) in [5.41, 5.74) is 2.63. The molecule has 1 unspecified atom stereocenters. The summed E-state index contributed by atoms with van der Waals surface area (Å²) in [5.74, 6) is -0.122. The Balaban J connectivity index is 1.40. The van der Waals surface area contributed by atoms with Crippen LogP contribution in [0, 0.1) is 0 Å². The molecule has 1 aromatic heterocycles. The maximum absolute atomic E-state index is 12.2. The van der Waals surface area contributed by atoms with Crippen molar-refractivity contribution in [2.24, 2.45) is 0 Å². The van der Waals surface area contributed by atoms with Crippen molar-refractivity contribution in [1.29, 1.82) is 0 Å². The number of benzene rings is 2. The first-order chi connectivity index (χ1) is 12.7. The van der Waals surface area contributed by atoms with Crippen LogP contribution < -0.4 is 5.32 Å². The van der Waals surface area contributed by atoms with Gasteiger partial charge in [-0.3, -0.25) is 4.79 Å². The average Bonchev–Trinajstić information content (AvgIpc) is 3.19. The van der Waals surface area contributed by atoms with Crippen LogP contribution in [0.5, 0.6) is 0 Å². The van der Waals surface area contributed by atoms with Crippen LogP contribution >= 0.6 is 0 Å². The Morgan fingerprint density at radius 2 is 1.81 bits per heavy atom. The van der Waals surface area contributed by atoms with Gasteiger partial charge < -0.3 is 10.1 Å². The van der Waals surface area contributed by atoms with Crippen molar-refractivity contribution in [1.82, 2.24) is 15.1 Å². The summed E-state index contributed by atoms with van der Waals surface area (Å²) in [7, 11) is 0. The van der Waals surface area contributed by atoms with Crippen molar-refractivity contribution in [3.63, 3.8) is 0 Å². The van der Waals surface area contributed by atoms with Crippen molar-refractivity contribution >= 4 is 5.91 Å². The fourth-order valence-corrected chi connectivity index (χ4v) is 2.62. The van der Waals surface area contributed by atoms with E-state index in [0.29, 0.717) is 18.7 Å². The number of amides is 1. The van der Waals surface area contributed by atoms with E-state index in [1.54, 1.807) is 17.1 Å². The number of nitrogens with zero attached hydrogens (tertiary/aromatic N) is 2. The predicted octanol–water partition coefficient (Wildman–Crippen LogP) is 3.77. The second kappa shape index (κ2) is 8.97. The normalized spacial score (nSPS) is 11.9. The number of hydrogen-bond acceptors (Lipinski definition) is 3. The first-order valence-corrected chi connectivity index (χ1v) is 8.79. The van der Waals surface area contributed by atoms with E-state index in [2.05, 4.69) is 22.5 Å². The van der Waals surface area contributed by atoms with E-state index in [9.17, 15) is 4.79 Å². The van der Waals surface area contributed by atoms with E-state index in [1.807, 2.05) is 55.5 Å². The van der Waals surface area contributed by atoms with E-state index in [-0.39, 0.29) is 12.0 Å². The zero-order valence-corrected chi connectivity index (χ0v) is 14.8. The lowest BCUT2D eigenvalue weighted by Gasteiger charge is -2.13. The molecule has 0 aliphatic carbocycles. The molecule has 134 valence electrons. The fourth-order valence-electron chi connectivity index (χ4n) is 2.62. The van der Waals surface area contributed by atoms with Crippen molar-refractivity contribution in [2.45, 2.75) is 19.4 Å². The van der Waals surface area contributed by atoms with Crippen LogP contribution in [-0.4, -0.2) is 28.8 Å². The molecule has 0 fully saturated rings. The molecule has 2 aromatic carbocycles. The lowest BCUT2D eigenvalue weighted by Crippen LogP contribution is -2.25. The molecule has 1 atom stereocenters. The second-order valence-electron chi connectivity index (χ2n) is 6.04. The monoisotopic (exact) mass is 349 g/mol. The van der Waals surface area contributed by atoms with Crippen LogP contribution in [0.4, 0.5) is 0 Å². The highest BCUT2D eigenvalue weighted by Gasteiger charge is 2.09. The van der Waals surface area contributed by atoms with Gasteiger partial charge in [0, 0.05) is 19.3 Å². The average molecular weight is 349 g/mol. The van der Waals surface area contributed by atoms with E-state index in [0.717, 1.165) is 17.7 Å². The number of ether oxygens (including phenoxy) is 1. The number of nitrogens with one attached hydrogen (secondary N) is 1. The van der Waals surface area contributed by atoms with Gasteiger partial charge in [0.25, 0.3) is 5.91 Å². The summed E-state index contributed by atoms with van der Waals surface area (Å²) in [5, 5.41) is 7.14. The molecule has 26 heavy (non-hydrogen) atoms. The molecule has 1 N–H and O–H groups in total. The largest absolute Gasteiger partial charge is 0.374 e. The topological polar surface area (TPSA) is 56.1 Å².